The second-order valence-electron chi connectivity index (χ2n) is 5.12. The van der Waals surface area contributed by atoms with Crippen molar-refractivity contribution in [3.8, 4) is 0 Å². The van der Waals surface area contributed by atoms with E-state index in [2.05, 4.69) is 6.92 Å². The molecule has 3 unspecified atom stereocenters. The van der Waals surface area contributed by atoms with Crippen molar-refractivity contribution < 1.29 is 14.1 Å². The largest absolute Gasteiger partial charge is 0.478 e. The van der Waals surface area contributed by atoms with Crippen LogP contribution in [0.3, 0.4) is 0 Å². The van der Waals surface area contributed by atoms with Crippen LogP contribution in [0.25, 0.3) is 0 Å². The van der Waals surface area contributed by atoms with E-state index in [1.807, 2.05) is 0 Å². The van der Waals surface area contributed by atoms with Gasteiger partial charge in [-0.3, -0.25) is 4.21 Å². The Labute approximate surface area is 116 Å². The van der Waals surface area contributed by atoms with E-state index in [0.717, 1.165) is 24.2 Å². The molecule has 4 heteroatoms. The van der Waals surface area contributed by atoms with Crippen LogP contribution in [0.15, 0.2) is 29.2 Å². The van der Waals surface area contributed by atoms with Gasteiger partial charge in [0.2, 0.25) is 0 Å². The molecule has 1 aromatic rings. The first kappa shape index (κ1) is 14.3. The van der Waals surface area contributed by atoms with E-state index in [-0.39, 0.29) is 10.8 Å². The zero-order valence-electron chi connectivity index (χ0n) is 11.2. The van der Waals surface area contributed by atoms with Gasteiger partial charge in [0.05, 0.1) is 16.4 Å². The Bertz CT molecular complexity index is 467. The lowest BCUT2D eigenvalue weighted by Gasteiger charge is -2.30. The molecule has 0 aromatic heterocycles. The highest BCUT2D eigenvalue weighted by Gasteiger charge is 2.29. The van der Waals surface area contributed by atoms with E-state index in [1.54, 1.807) is 24.3 Å². The van der Waals surface area contributed by atoms with Crippen LogP contribution < -0.4 is 0 Å². The van der Waals surface area contributed by atoms with Crippen molar-refractivity contribution in [3.63, 3.8) is 0 Å². The van der Waals surface area contributed by atoms with Crippen molar-refractivity contribution in [1.82, 2.24) is 0 Å². The Kier molecular flexibility index (Phi) is 4.75. The first-order chi connectivity index (χ1) is 9.13. The third-order valence-corrected chi connectivity index (χ3v) is 5.88. The Morgan fingerprint density at radius 1 is 1.26 bits per heavy atom. The van der Waals surface area contributed by atoms with E-state index in [9.17, 15) is 9.00 Å². The third-order valence-electron chi connectivity index (χ3n) is 3.97. The van der Waals surface area contributed by atoms with Crippen LogP contribution in [0.1, 0.15) is 49.4 Å². The number of benzene rings is 1. The Morgan fingerprint density at radius 3 is 2.47 bits per heavy atom. The summed E-state index contributed by atoms with van der Waals surface area (Å²) in [7, 11) is -1.01. The van der Waals surface area contributed by atoms with Gasteiger partial charge in [-0.15, -0.1) is 0 Å². The zero-order chi connectivity index (χ0) is 13.8. The summed E-state index contributed by atoms with van der Waals surface area (Å²) < 4.78 is 12.6. The molecule has 1 aliphatic carbocycles. The predicted molar refractivity (Wildman–Crippen MR) is 75.8 cm³/mol. The highest BCUT2D eigenvalue weighted by molar-refractivity contribution is 7.85. The maximum Gasteiger partial charge on any atom is 0.335 e. The van der Waals surface area contributed by atoms with Crippen molar-refractivity contribution in [2.75, 3.05) is 0 Å². The molecule has 0 amide bonds. The molecular weight excluding hydrogens is 260 g/mol. The molecule has 0 aliphatic heterocycles. The Hall–Kier alpha value is -1.16. The van der Waals surface area contributed by atoms with Gasteiger partial charge in [0.25, 0.3) is 0 Å². The van der Waals surface area contributed by atoms with Gasteiger partial charge in [-0.25, -0.2) is 4.79 Å². The Balaban J connectivity index is 2.16. The van der Waals surface area contributed by atoms with Gasteiger partial charge < -0.3 is 5.11 Å². The van der Waals surface area contributed by atoms with Crippen molar-refractivity contribution in [1.29, 1.82) is 0 Å². The lowest BCUT2D eigenvalue weighted by atomic mass is 9.87. The standard InChI is InChI=1S/C15H20O3S/c1-2-11-5-3-4-6-14(11)19(18)13-9-7-12(8-10-13)15(16)17/h7-11,14H,2-6H2,1H3,(H,16,17). The molecule has 0 spiro atoms. The van der Waals surface area contributed by atoms with Gasteiger partial charge in [-0.2, -0.15) is 0 Å². The monoisotopic (exact) mass is 280 g/mol. The fraction of sp³-hybridized carbons (Fsp3) is 0.533. The molecule has 3 nitrogen and oxygen atoms in total. The number of rotatable bonds is 4. The van der Waals surface area contributed by atoms with E-state index in [4.69, 9.17) is 5.11 Å². The number of carbonyl (C=O) groups is 1. The minimum Gasteiger partial charge on any atom is -0.478 e. The van der Waals surface area contributed by atoms with Gasteiger partial charge in [0.1, 0.15) is 0 Å². The highest BCUT2D eigenvalue weighted by atomic mass is 32.2. The van der Waals surface area contributed by atoms with Crippen LogP contribution in [-0.2, 0) is 10.8 Å². The predicted octanol–water partition coefficient (Wildman–Crippen LogP) is 3.46. The molecular formula is C15H20O3S. The molecule has 1 saturated carbocycles. The molecule has 1 aromatic carbocycles. The molecule has 0 radical (unpaired) electrons. The van der Waals surface area contributed by atoms with Crippen LogP contribution in [0, 0.1) is 5.92 Å². The van der Waals surface area contributed by atoms with Gasteiger partial charge in [-0.1, -0.05) is 26.2 Å². The summed E-state index contributed by atoms with van der Waals surface area (Å²) in [5, 5.41) is 9.10. The summed E-state index contributed by atoms with van der Waals surface area (Å²) in [5.41, 5.74) is 0.247. The van der Waals surface area contributed by atoms with Crippen LogP contribution in [0.4, 0.5) is 0 Å². The second-order valence-corrected chi connectivity index (χ2v) is 6.79. The topological polar surface area (TPSA) is 54.4 Å². The minimum absolute atomic E-state index is 0.231. The molecule has 2 rings (SSSR count). The third kappa shape index (κ3) is 3.24. The SMILES string of the molecule is CCC1CCCCC1S(=O)c1ccc(C(=O)O)cc1. The molecule has 1 fully saturated rings. The van der Waals surface area contributed by atoms with Crippen molar-refractivity contribution in [2.24, 2.45) is 5.92 Å². The van der Waals surface area contributed by atoms with Crippen molar-refractivity contribution in [3.05, 3.63) is 29.8 Å². The number of hydrogen-bond acceptors (Lipinski definition) is 2. The van der Waals surface area contributed by atoms with Crippen LogP contribution in [-0.4, -0.2) is 20.5 Å². The summed E-state index contributed by atoms with van der Waals surface area (Å²) in [5.74, 6) is -0.407. The van der Waals surface area contributed by atoms with Gasteiger partial charge in [0, 0.05) is 10.1 Å². The van der Waals surface area contributed by atoms with Gasteiger partial charge >= 0.3 is 5.97 Å². The summed E-state index contributed by atoms with van der Waals surface area (Å²) in [6.07, 6.45) is 5.65. The first-order valence-electron chi connectivity index (χ1n) is 6.87. The van der Waals surface area contributed by atoms with Crippen LogP contribution >= 0.6 is 0 Å². The lowest BCUT2D eigenvalue weighted by molar-refractivity contribution is 0.0697. The summed E-state index contributed by atoms with van der Waals surface area (Å²) in [6.45, 7) is 2.16. The number of aromatic carboxylic acids is 1. The number of carboxylic acids is 1. The van der Waals surface area contributed by atoms with Gasteiger partial charge in [-0.05, 0) is 43.0 Å². The van der Waals surface area contributed by atoms with Crippen LogP contribution in [0.2, 0.25) is 0 Å². The van der Waals surface area contributed by atoms with Crippen LogP contribution in [0.5, 0.6) is 0 Å². The first-order valence-corrected chi connectivity index (χ1v) is 8.08. The fourth-order valence-electron chi connectivity index (χ4n) is 2.83. The maximum atomic E-state index is 12.6. The molecule has 104 valence electrons. The maximum absolute atomic E-state index is 12.6. The fourth-order valence-corrected chi connectivity index (χ4v) is 4.64. The lowest BCUT2D eigenvalue weighted by Crippen LogP contribution is -2.28. The van der Waals surface area contributed by atoms with E-state index >= 15 is 0 Å². The van der Waals surface area contributed by atoms with E-state index < -0.39 is 16.8 Å². The smallest absolute Gasteiger partial charge is 0.335 e. The summed E-state index contributed by atoms with van der Waals surface area (Å²) in [6, 6.07) is 6.47. The molecule has 3 atom stereocenters. The molecule has 0 heterocycles. The molecule has 1 aliphatic rings. The number of carboxylic acid groups (broad SMARTS) is 1. The van der Waals surface area contributed by atoms with Crippen molar-refractivity contribution >= 4 is 16.8 Å². The van der Waals surface area contributed by atoms with E-state index in [0.29, 0.717) is 5.92 Å². The average molecular weight is 280 g/mol. The molecule has 1 N–H and O–H groups in total. The second kappa shape index (κ2) is 6.33. The highest BCUT2D eigenvalue weighted by Crippen LogP contribution is 2.32. The average Bonchev–Trinajstić information content (AvgIpc) is 2.46. The van der Waals surface area contributed by atoms with E-state index in [1.165, 1.54) is 12.8 Å². The quantitative estimate of drug-likeness (QED) is 0.919. The summed E-state index contributed by atoms with van der Waals surface area (Å²) >= 11 is 0. The van der Waals surface area contributed by atoms with Crippen molar-refractivity contribution in [2.45, 2.75) is 49.2 Å². The van der Waals surface area contributed by atoms with Gasteiger partial charge in [0.15, 0.2) is 0 Å². The normalized spacial score (nSPS) is 24.9. The molecule has 19 heavy (non-hydrogen) atoms. The summed E-state index contributed by atoms with van der Waals surface area (Å²) in [4.78, 5) is 11.6. The zero-order valence-corrected chi connectivity index (χ0v) is 12.0. The Morgan fingerprint density at radius 2 is 1.89 bits per heavy atom. The molecule has 0 saturated heterocycles. The number of hydrogen-bond donors (Lipinski definition) is 1. The molecule has 0 bridgehead atoms. The minimum atomic E-state index is -1.01.